The maximum absolute atomic E-state index is 13.8. The van der Waals surface area contributed by atoms with Crippen molar-refractivity contribution in [3.05, 3.63) is 90.0 Å². The number of carbonyl (C=O) groups excluding carboxylic acids is 1. The molecule has 0 bridgehead atoms. The molecule has 0 spiro atoms. The predicted octanol–water partition coefficient (Wildman–Crippen LogP) is 4.42. The minimum atomic E-state index is -3.99. The standard InChI is InChI=1S/C29H34N4O5S2/c1-20(2)17-33(40(36,37)23-13-14-24-27(16-23)39-28(30)31-24)18-26(34)25(15-21-9-5-3-6-10-21)32-29(35)38-19-22-11-7-4-8-12-22/h3-14,16,20,25-26,34H,15,17-19H2,1-2H3,(H2,30,31)(H,32,35). The second-order valence-electron chi connectivity index (χ2n) is 9.97. The van der Waals surface area contributed by atoms with Crippen LogP contribution in [0.5, 0.6) is 0 Å². The highest BCUT2D eigenvalue weighted by molar-refractivity contribution is 7.89. The van der Waals surface area contributed by atoms with Gasteiger partial charge in [0.2, 0.25) is 10.0 Å². The van der Waals surface area contributed by atoms with E-state index in [0.29, 0.717) is 15.3 Å². The van der Waals surface area contributed by atoms with Gasteiger partial charge in [-0.15, -0.1) is 0 Å². The first-order chi connectivity index (χ1) is 19.1. The van der Waals surface area contributed by atoms with Crippen LogP contribution in [-0.2, 0) is 27.8 Å². The summed E-state index contributed by atoms with van der Waals surface area (Å²) in [6.45, 7) is 3.84. The van der Waals surface area contributed by atoms with Crippen LogP contribution in [0.25, 0.3) is 10.2 Å². The molecule has 212 valence electrons. The number of hydrogen-bond acceptors (Lipinski definition) is 8. The van der Waals surface area contributed by atoms with Gasteiger partial charge in [0.15, 0.2) is 5.13 Å². The van der Waals surface area contributed by atoms with Crippen LogP contribution in [0, 0.1) is 5.92 Å². The van der Waals surface area contributed by atoms with E-state index in [9.17, 15) is 18.3 Å². The molecule has 4 aromatic rings. The molecule has 0 fully saturated rings. The number of fused-ring (bicyclic) bond motifs is 1. The molecule has 40 heavy (non-hydrogen) atoms. The number of anilines is 1. The molecule has 0 aliphatic heterocycles. The lowest BCUT2D eigenvalue weighted by Crippen LogP contribution is -2.51. The van der Waals surface area contributed by atoms with Gasteiger partial charge in [-0.2, -0.15) is 4.31 Å². The molecule has 0 saturated carbocycles. The Labute approximate surface area is 238 Å². The minimum absolute atomic E-state index is 0.0128. The highest BCUT2D eigenvalue weighted by Gasteiger charge is 2.32. The van der Waals surface area contributed by atoms with Gasteiger partial charge in [-0.05, 0) is 41.7 Å². The van der Waals surface area contributed by atoms with Gasteiger partial charge in [0, 0.05) is 13.1 Å². The number of amides is 1. The lowest BCUT2D eigenvalue weighted by atomic mass is 10.0. The molecule has 0 saturated heterocycles. The number of nitrogen functional groups attached to an aromatic ring is 1. The summed E-state index contributed by atoms with van der Waals surface area (Å²) >= 11 is 1.21. The first kappa shape index (κ1) is 29.5. The number of nitrogens with zero attached hydrogens (tertiary/aromatic N) is 2. The third-order valence-electron chi connectivity index (χ3n) is 6.25. The van der Waals surface area contributed by atoms with Gasteiger partial charge in [0.25, 0.3) is 0 Å². The van der Waals surface area contributed by atoms with E-state index in [1.807, 2.05) is 74.5 Å². The van der Waals surface area contributed by atoms with Crippen molar-refractivity contribution in [2.75, 3.05) is 18.8 Å². The molecule has 4 N–H and O–H groups in total. The summed E-state index contributed by atoms with van der Waals surface area (Å²) in [5.74, 6) is -0.0128. The minimum Gasteiger partial charge on any atom is -0.445 e. The molecule has 0 radical (unpaired) electrons. The van der Waals surface area contributed by atoms with Crippen molar-refractivity contribution in [2.24, 2.45) is 5.92 Å². The number of aromatic nitrogens is 1. The molecule has 0 aliphatic rings. The molecule has 2 unspecified atom stereocenters. The van der Waals surface area contributed by atoms with Crippen LogP contribution >= 0.6 is 11.3 Å². The zero-order valence-electron chi connectivity index (χ0n) is 22.4. The SMILES string of the molecule is CC(C)CN(CC(O)C(Cc1ccccc1)NC(=O)OCc1ccccc1)S(=O)(=O)c1ccc2nc(N)sc2c1. The molecule has 2 atom stereocenters. The van der Waals surface area contributed by atoms with E-state index in [4.69, 9.17) is 10.5 Å². The van der Waals surface area contributed by atoms with Crippen LogP contribution < -0.4 is 11.1 Å². The van der Waals surface area contributed by atoms with Gasteiger partial charge >= 0.3 is 6.09 Å². The highest BCUT2D eigenvalue weighted by Crippen LogP contribution is 2.28. The number of benzene rings is 3. The summed E-state index contributed by atoms with van der Waals surface area (Å²) in [5.41, 5.74) is 8.13. The van der Waals surface area contributed by atoms with Crippen molar-refractivity contribution < 1.29 is 23.1 Å². The van der Waals surface area contributed by atoms with Crippen molar-refractivity contribution >= 4 is 42.8 Å². The number of nitrogens with one attached hydrogen (secondary N) is 1. The van der Waals surface area contributed by atoms with E-state index < -0.39 is 28.3 Å². The number of rotatable bonds is 12. The molecule has 1 heterocycles. The molecular formula is C29H34N4O5S2. The van der Waals surface area contributed by atoms with E-state index in [1.165, 1.54) is 21.7 Å². The van der Waals surface area contributed by atoms with Gasteiger partial charge in [0.05, 0.1) is 27.3 Å². The zero-order chi connectivity index (χ0) is 28.7. The van der Waals surface area contributed by atoms with E-state index >= 15 is 0 Å². The van der Waals surface area contributed by atoms with Crippen LogP contribution in [0.3, 0.4) is 0 Å². The Morgan fingerprint density at radius 1 is 1.02 bits per heavy atom. The summed E-state index contributed by atoms with van der Waals surface area (Å²) in [4.78, 5) is 17.0. The molecular weight excluding hydrogens is 548 g/mol. The maximum Gasteiger partial charge on any atom is 0.407 e. The summed E-state index contributed by atoms with van der Waals surface area (Å²) in [6, 6.07) is 22.5. The van der Waals surface area contributed by atoms with Gasteiger partial charge in [-0.1, -0.05) is 85.8 Å². The summed E-state index contributed by atoms with van der Waals surface area (Å²) in [6.07, 6.45) is -1.64. The molecule has 0 aliphatic carbocycles. The second kappa shape index (κ2) is 13.2. The highest BCUT2D eigenvalue weighted by atomic mass is 32.2. The number of alkyl carbamates (subject to hydrolysis) is 1. The van der Waals surface area contributed by atoms with Crippen LogP contribution in [0.4, 0.5) is 9.93 Å². The average molecular weight is 583 g/mol. The Balaban J connectivity index is 1.55. The lowest BCUT2D eigenvalue weighted by molar-refractivity contribution is 0.0873. The van der Waals surface area contributed by atoms with Gasteiger partial charge < -0.3 is 20.9 Å². The van der Waals surface area contributed by atoms with Gasteiger partial charge in [0.1, 0.15) is 6.61 Å². The molecule has 11 heteroatoms. The summed E-state index contributed by atoms with van der Waals surface area (Å²) in [5, 5.41) is 14.5. The fourth-order valence-corrected chi connectivity index (χ4v) is 6.81. The third-order valence-corrected chi connectivity index (χ3v) is 8.93. The normalized spacial score (nSPS) is 13.4. The van der Waals surface area contributed by atoms with Gasteiger partial charge in [-0.25, -0.2) is 18.2 Å². The summed E-state index contributed by atoms with van der Waals surface area (Å²) in [7, 11) is -3.99. The number of thiazole rings is 1. The van der Waals surface area contributed by atoms with Crippen molar-refractivity contribution in [3.8, 4) is 0 Å². The van der Waals surface area contributed by atoms with E-state index in [-0.39, 0.29) is 36.9 Å². The van der Waals surface area contributed by atoms with Crippen molar-refractivity contribution in [3.63, 3.8) is 0 Å². The Hall–Kier alpha value is -3.51. The molecule has 9 nitrogen and oxygen atoms in total. The number of aliphatic hydroxyl groups is 1. The Kier molecular flexibility index (Phi) is 9.75. The van der Waals surface area contributed by atoms with Crippen LogP contribution in [-0.4, -0.2) is 54.1 Å². The fraction of sp³-hybridized carbons (Fsp3) is 0.310. The number of hydrogen-bond donors (Lipinski definition) is 3. The Morgan fingerprint density at radius 3 is 2.33 bits per heavy atom. The topological polar surface area (TPSA) is 135 Å². The number of carbonyl (C=O) groups is 1. The second-order valence-corrected chi connectivity index (χ2v) is 13.0. The fourth-order valence-electron chi connectivity index (χ4n) is 4.31. The Bertz CT molecular complexity index is 1510. The van der Waals surface area contributed by atoms with Gasteiger partial charge in [-0.3, -0.25) is 0 Å². The monoisotopic (exact) mass is 582 g/mol. The quantitative estimate of drug-likeness (QED) is 0.225. The van der Waals surface area contributed by atoms with Crippen molar-refractivity contribution in [1.82, 2.24) is 14.6 Å². The van der Waals surface area contributed by atoms with Crippen LogP contribution in [0.1, 0.15) is 25.0 Å². The number of nitrogens with two attached hydrogens (primary N) is 1. The molecule has 1 amide bonds. The first-order valence-corrected chi connectivity index (χ1v) is 15.2. The lowest BCUT2D eigenvalue weighted by Gasteiger charge is -2.30. The van der Waals surface area contributed by atoms with Crippen LogP contribution in [0.2, 0.25) is 0 Å². The van der Waals surface area contributed by atoms with Crippen molar-refractivity contribution in [2.45, 2.75) is 43.9 Å². The van der Waals surface area contributed by atoms with Crippen LogP contribution in [0.15, 0.2) is 83.8 Å². The third kappa shape index (κ3) is 7.79. The zero-order valence-corrected chi connectivity index (χ0v) is 24.1. The largest absolute Gasteiger partial charge is 0.445 e. The van der Waals surface area contributed by atoms with E-state index in [2.05, 4.69) is 10.3 Å². The number of ether oxygens (including phenoxy) is 1. The maximum atomic E-state index is 13.8. The molecule has 3 aromatic carbocycles. The average Bonchev–Trinajstić information content (AvgIpc) is 3.31. The molecule has 1 aromatic heterocycles. The smallest absolute Gasteiger partial charge is 0.407 e. The number of aliphatic hydroxyl groups excluding tert-OH is 1. The molecule has 4 rings (SSSR count). The first-order valence-electron chi connectivity index (χ1n) is 13.0. The summed E-state index contributed by atoms with van der Waals surface area (Å²) < 4.78 is 34.9. The Morgan fingerprint density at radius 2 is 1.68 bits per heavy atom. The predicted molar refractivity (Wildman–Crippen MR) is 157 cm³/mol. The van der Waals surface area contributed by atoms with E-state index in [0.717, 1.165) is 11.1 Å². The van der Waals surface area contributed by atoms with Crippen molar-refractivity contribution in [1.29, 1.82) is 0 Å². The number of sulfonamides is 1. The van der Waals surface area contributed by atoms with E-state index in [1.54, 1.807) is 12.1 Å².